The molecule has 2 heterocycles. The molecule has 0 radical (unpaired) electrons. The summed E-state index contributed by atoms with van der Waals surface area (Å²) in [5.41, 5.74) is 1.18. The highest BCUT2D eigenvalue weighted by Gasteiger charge is 2.32. The maximum atomic E-state index is 12.3. The number of aromatic nitrogens is 1. The number of carbonyl (C=O) groups excluding carboxylic acids is 1. The van der Waals surface area contributed by atoms with Crippen molar-refractivity contribution >= 4 is 5.91 Å². The number of rotatable bonds is 3. The molecule has 1 aromatic rings. The molecule has 0 saturated carbocycles. The van der Waals surface area contributed by atoms with Crippen molar-refractivity contribution in [1.29, 1.82) is 0 Å². The summed E-state index contributed by atoms with van der Waals surface area (Å²) in [6, 6.07) is 3.92. The normalized spacial score (nSPS) is 19.9. The molecule has 110 valence electrons. The lowest BCUT2D eigenvalue weighted by molar-refractivity contribution is -0.143. The Bertz CT molecular complexity index is 440. The molecule has 4 nitrogen and oxygen atoms in total. The molecule has 0 N–H and O–H groups in total. The number of amides is 1. The number of ether oxygens (including phenoxy) is 1. The molecule has 0 bridgehead atoms. The number of hydrogen-bond donors (Lipinski definition) is 0. The SMILES string of the molecule is CC(C)(C)C1CN(C(=O)CCc2cccnc2)CCO1. The molecule has 1 amide bonds. The van der Waals surface area contributed by atoms with Crippen LogP contribution in [0.5, 0.6) is 0 Å². The highest BCUT2D eigenvalue weighted by Crippen LogP contribution is 2.25. The Morgan fingerprint density at radius 2 is 2.30 bits per heavy atom. The minimum atomic E-state index is 0.0717. The van der Waals surface area contributed by atoms with Crippen molar-refractivity contribution in [3.8, 4) is 0 Å². The van der Waals surface area contributed by atoms with Crippen LogP contribution in [0.1, 0.15) is 32.8 Å². The van der Waals surface area contributed by atoms with Gasteiger partial charge in [0.25, 0.3) is 0 Å². The molecule has 1 aromatic heterocycles. The maximum absolute atomic E-state index is 12.3. The van der Waals surface area contributed by atoms with Gasteiger partial charge in [-0.25, -0.2) is 0 Å². The molecule has 1 unspecified atom stereocenters. The van der Waals surface area contributed by atoms with E-state index in [1.807, 2.05) is 23.2 Å². The summed E-state index contributed by atoms with van der Waals surface area (Å²) >= 11 is 0. The zero-order chi connectivity index (χ0) is 14.6. The smallest absolute Gasteiger partial charge is 0.223 e. The first kappa shape index (κ1) is 15.0. The molecule has 4 heteroatoms. The van der Waals surface area contributed by atoms with Crippen LogP contribution < -0.4 is 0 Å². The van der Waals surface area contributed by atoms with Gasteiger partial charge in [0.1, 0.15) is 0 Å². The summed E-state index contributed by atoms with van der Waals surface area (Å²) in [6.07, 6.45) is 5.00. The second kappa shape index (κ2) is 6.35. The van der Waals surface area contributed by atoms with Crippen molar-refractivity contribution in [2.75, 3.05) is 19.7 Å². The Labute approximate surface area is 121 Å². The number of aryl methyl sites for hydroxylation is 1. The topological polar surface area (TPSA) is 42.4 Å². The van der Waals surface area contributed by atoms with E-state index in [4.69, 9.17) is 4.74 Å². The van der Waals surface area contributed by atoms with Gasteiger partial charge in [-0.15, -0.1) is 0 Å². The van der Waals surface area contributed by atoms with E-state index in [-0.39, 0.29) is 17.4 Å². The van der Waals surface area contributed by atoms with Crippen LogP contribution in [0.4, 0.5) is 0 Å². The summed E-state index contributed by atoms with van der Waals surface area (Å²) < 4.78 is 5.78. The monoisotopic (exact) mass is 276 g/mol. The fourth-order valence-corrected chi connectivity index (χ4v) is 2.36. The minimum absolute atomic E-state index is 0.0717. The van der Waals surface area contributed by atoms with Gasteiger partial charge in [0.2, 0.25) is 5.91 Å². The number of hydrogen-bond acceptors (Lipinski definition) is 3. The lowest BCUT2D eigenvalue weighted by Crippen LogP contribution is -2.50. The van der Waals surface area contributed by atoms with Gasteiger partial charge in [-0.2, -0.15) is 0 Å². The molecule has 0 aromatic carbocycles. The lowest BCUT2D eigenvalue weighted by Gasteiger charge is -2.39. The third-order valence-electron chi connectivity index (χ3n) is 3.74. The van der Waals surface area contributed by atoms with Crippen molar-refractivity contribution in [2.45, 2.75) is 39.7 Å². The Balaban J connectivity index is 1.86. The van der Waals surface area contributed by atoms with Gasteiger partial charge < -0.3 is 9.64 Å². The predicted octanol–water partition coefficient (Wildman–Crippen LogP) is 2.29. The van der Waals surface area contributed by atoms with Gasteiger partial charge in [-0.3, -0.25) is 9.78 Å². The Morgan fingerprint density at radius 3 is 2.95 bits per heavy atom. The minimum Gasteiger partial charge on any atom is -0.374 e. The van der Waals surface area contributed by atoms with Crippen molar-refractivity contribution < 1.29 is 9.53 Å². The van der Waals surface area contributed by atoms with Crippen LogP contribution >= 0.6 is 0 Å². The molecular weight excluding hydrogens is 252 g/mol. The highest BCUT2D eigenvalue weighted by atomic mass is 16.5. The number of morpholine rings is 1. The van der Waals surface area contributed by atoms with Crippen LogP contribution in [-0.4, -0.2) is 41.6 Å². The quantitative estimate of drug-likeness (QED) is 0.850. The highest BCUT2D eigenvalue weighted by molar-refractivity contribution is 5.76. The van der Waals surface area contributed by atoms with Gasteiger partial charge in [0, 0.05) is 31.9 Å². The summed E-state index contributed by atoms with van der Waals surface area (Å²) in [7, 11) is 0. The summed E-state index contributed by atoms with van der Waals surface area (Å²) in [5.74, 6) is 0.214. The zero-order valence-electron chi connectivity index (χ0n) is 12.6. The van der Waals surface area contributed by atoms with Crippen LogP contribution in [0.25, 0.3) is 0 Å². The Morgan fingerprint density at radius 1 is 1.50 bits per heavy atom. The van der Waals surface area contributed by atoms with E-state index in [0.717, 1.165) is 12.0 Å². The molecule has 1 atom stereocenters. The van der Waals surface area contributed by atoms with E-state index in [1.165, 1.54) is 0 Å². The van der Waals surface area contributed by atoms with Crippen molar-refractivity contribution in [1.82, 2.24) is 9.88 Å². The Kier molecular flexibility index (Phi) is 4.76. The average molecular weight is 276 g/mol. The first-order valence-electron chi connectivity index (χ1n) is 7.25. The van der Waals surface area contributed by atoms with E-state index < -0.39 is 0 Å². The van der Waals surface area contributed by atoms with Crippen LogP contribution in [0.3, 0.4) is 0 Å². The second-order valence-corrected chi connectivity index (χ2v) is 6.43. The van der Waals surface area contributed by atoms with Crippen LogP contribution in [0, 0.1) is 5.41 Å². The standard InChI is InChI=1S/C16H24N2O2/c1-16(2,3)14-12-18(9-10-20-14)15(19)7-6-13-5-4-8-17-11-13/h4-5,8,11,14H,6-7,9-10,12H2,1-3H3. The van der Waals surface area contributed by atoms with Gasteiger partial charge >= 0.3 is 0 Å². The first-order valence-corrected chi connectivity index (χ1v) is 7.25. The van der Waals surface area contributed by atoms with Crippen LogP contribution in [0.2, 0.25) is 0 Å². The predicted molar refractivity (Wildman–Crippen MR) is 78.3 cm³/mol. The molecule has 0 aliphatic carbocycles. The molecule has 1 aliphatic heterocycles. The molecule has 1 fully saturated rings. The van der Waals surface area contributed by atoms with Crippen molar-refractivity contribution in [2.24, 2.45) is 5.41 Å². The van der Waals surface area contributed by atoms with E-state index in [9.17, 15) is 4.79 Å². The molecule has 2 rings (SSSR count). The maximum Gasteiger partial charge on any atom is 0.223 e. The lowest BCUT2D eigenvalue weighted by atomic mass is 9.88. The van der Waals surface area contributed by atoms with E-state index >= 15 is 0 Å². The second-order valence-electron chi connectivity index (χ2n) is 6.43. The van der Waals surface area contributed by atoms with E-state index in [1.54, 1.807) is 6.20 Å². The number of pyridine rings is 1. The molecular formula is C16H24N2O2. The average Bonchev–Trinajstić information content (AvgIpc) is 2.45. The fraction of sp³-hybridized carbons (Fsp3) is 0.625. The number of nitrogens with zero attached hydrogens (tertiary/aromatic N) is 2. The fourth-order valence-electron chi connectivity index (χ4n) is 2.36. The molecule has 1 saturated heterocycles. The summed E-state index contributed by atoms with van der Waals surface area (Å²) in [5, 5.41) is 0. The van der Waals surface area contributed by atoms with Gasteiger partial charge in [-0.1, -0.05) is 26.8 Å². The molecule has 20 heavy (non-hydrogen) atoms. The molecule has 1 aliphatic rings. The van der Waals surface area contributed by atoms with Gasteiger partial charge in [0.15, 0.2) is 0 Å². The van der Waals surface area contributed by atoms with E-state index in [2.05, 4.69) is 25.8 Å². The zero-order valence-corrected chi connectivity index (χ0v) is 12.6. The van der Waals surface area contributed by atoms with Gasteiger partial charge in [-0.05, 0) is 23.5 Å². The van der Waals surface area contributed by atoms with Crippen molar-refractivity contribution in [3.63, 3.8) is 0 Å². The summed E-state index contributed by atoms with van der Waals surface area (Å²) in [4.78, 5) is 18.3. The van der Waals surface area contributed by atoms with Crippen molar-refractivity contribution in [3.05, 3.63) is 30.1 Å². The van der Waals surface area contributed by atoms with Crippen LogP contribution in [0.15, 0.2) is 24.5 Å². The first-order chi connectivity index (χ1) is 9.47. The summed E-state index contributed by atoms with van der Waals surface area (Å²) in [6.45, 7) is 8.51. The largest absolute Gasteiger partial charge is 0.374 e. The van der Waals surface area contributed by atoms with E-state index in [0.29, 0.717) is 26.1 Å². The third-order valence-corrected chi connectivity index (χ3v) is 3.74. The molecule has 0 spiro atoms. The number of carbonyl (C=O) groups is 1. The van der Waals surface area contributed by atoms with Gasteiger partial charge in [0.05, 0.1) is 12.7 Å². The third kappa shape index (κ3) is 4.04. The Hall–Kier alpha value is -1.42. The van der Waals surface area contributed by atoms with Crippen LogP contribution in [-0.2, 0) is 16.0 Å².